The maximum absolute atomic E-state index is 13.3. The van der Waals surface area contributed by atoms with Crippen LogP contribution in [0.5, 0.6) is 0 Å². The van der Waals surface area contributed by atoms with Crippen molar-refractivity contribution in [1.82, 2.24) is 20.4 Å². The normalized spacial score (nSPS) is 28.7. The Morgan fingerprint density at radius 2 is 2.00 bits per heavy atom. The molecule has 194 valence electrons. The summed E-state index contributed by atoms with van der Waals surface area (Å²) in [6.07, 6.45) is 11.8. The lowest BCUT2D eigenvalue weighted by Gasteiger charge is -2.35. The highest BCUT2D eigenvalue weighted by Gasteiger charge is 2.72. The average molecular weight is 509 g/mol. The predicted octanol–water partition coefficient (Wildman–Crippen LogP) is 4.40. The molecule has 2 bridgehead atoms. The van der Waals surface area contributed by atoms with Crippen LogP contribution >= 0.6 is 0 Å². The molecule has 2 aromatic carbocycles. The van der Waals surface area contributed by atoms with Crippen molar-refractivity contribution in [1.29, 1.82) is 0 Å². The van der Waals surface area contributed by atoms with Crippen LogP contribution in [0.25, 0.3) is 23.1 Å². The second kappa shape index (κ2) is 9.05. The molecule has 1 aromatic heterocycles. The van der Waals surface area contributed by atoms with Crippen molar-refractivity contribution >= 4 is 29.0 Å². The van der Waals surface area contributed by atoms with Gasteiger partial charge in [0.05, 0.1) is 29.8 Å². The number of nitrogens with one attached hydrogen (secondary N) is 2. The Bertz CT molecular complexity index is 1480. The molecule has 1 saturated heterocycles. The van der Waals surface area contributed by atoms with Gasteiger partial charge in [-0.05, 0) is 47.4 Å². The number of aromatic amines is 1. The SMILES string of the molecule is COC12C=CC(=CC1)NC(=O)[C@@]21C[C@H]1c1ccc2c(/C=C/c3ccc(CN4CCOCC4)cc3)n[nH]c2c1. The minimum atomic E-state index is -0.601. The molecule has 5 aliphatic rings. The van der Waals surface area contributed by atoms with Crippen molar-refractivity contribution < 1.29 is 14.3 Å². The summed E-state index contributed by atoms with van der Waals surface area (Å²) in [5.41, 5.74) is 5.17. The Morgan fingerprint density at radius 3 is 2.76 bits per heavy atom. The molecule has 7 nitrogen and oxygen atoms in total. The van der Waals surface area contributed by atoms with Gasteiger partial charge in [0.15, 0.2) is 0 Å². The van der Waals surface area contributed by atoms with E-state index in [0.29, 0.717) is 6.42 Å². The van der Waals surface area contributed by atoms with Crippen LogP contribution in [0.2, 0.25) is 0 Å². The molecule has 3 atom stereocenters. The van der Waals surface area contributed by atoms with Gasteiger partial charge in [0, 0.05) is 50.2 Å². The van der Waals surface area contributed by atoms with Gasteiger partial charge in [-0.25, -0.2) is 0 Å². The summed E-state index contributed by atoms with van der Waals surface area (Å²) in [6, 6.07) is 15.1. The van der Waals surface area contributed by atoms with Gasteiger partial charge in [-0.1, -0.05) is 48.6 Å². The standard InChI is InChI=1S/C31H32N4O3/c1-37-30-12-10-24(11-13-30)32-29(36)31(30)19-26(31)23-7-8-25-27(33-34-28(25)18-23)9-6-21-2-4-22(5-3-21)20-35-14-16-38-17-15-35/h2-12,18,26H,13-17,19-20H2,1H3,(H,32,36)(H,33,34)/b9-6+/t26-,30?,31-/m0/s1. The van der Waals surface area contributed by atoms with Crippen molar-refractivity contribution in [3.8, 4) is 0 Å². The van der Waals surface area contributed by atoms with Gasteiger partial charge in [0.2, 0.25) is 5.91 Å². The number of carbonyl (C=O) groups is 1. The molecule has 2 aliphatic carbocycles. The third-order valence-electron chi connectivity index (χ3n) is 8.84. The first kappa shape index (κ1) is 23.6. The fourth-order valence-corrected chi connectivity index (χ4v) is 6.53. The molecule has 2 N–H and O–H groups in total. The fourth-order valence-electron chi connectivity index (χ4n) is 6.53. The van der Waals surface area contributed by atoms with E-state index in [9.17, 15) is 4.79 Å². The Hall–Kier alpha value is -3.52. The number of morpholine rings is 1. The van der Waals surface area contributed by atoms with E-state index in [0.717, 1.165) is 72.7 Å². The number of nitrogens with zero attached hydrogens (tertiary/aromatic N) is 2. The summed E-state index contributed by atoms with van der Waals surface area (Å²) < 4.78 is 11.5. The zero-order valence-electron chi connectivity index (χ0n) is 21.6. The molecule has 4 heterocycles. The fraction of sp³-hybridized carbons (Fsp3) is 0.355. The molecular weight excluding hydrogens is 476 g/mol. The highest BCUT2D eigenvalue weighted by molar-refractivity contribution is 5.94. The molecule has 2 fully saturated rings. The van der Waals surface area contributed by atoms with Crippen LogP contribution in [0.4, 0.5) is 0 Å². The largest absolute Gasteiger partial charge is 0.379 e. The maximum Gasteiger partial charge on any atom is 0.234 e. The van der Waals surface area contributed by atoms with E-state index in [1.165, 1.54) is 5.56 Å². The van der Waals surface area contributed by atoms with Crippen molar-refractivity contribution in [2.45, 2.75) is 30.9 Å². The zero-order valence-corrected chi connectivity index (χ0v) is 21.6. The van der Waals surface area contributed by atoms with Crippen molar-refractivity contribution in [2.24, 2.45) is 5.41 Å². The molecule has 38 heavy (non-hydrogen) atoms. The molecule has 8 rings (SSSR count). The van der Waals surface area contributed by atoms with Gasteiger partial charge in [-0.3, -0.25) is 14.8 Å². The van der Waals surface area contributed by atoms with Gasteiger partial charge in [-0.15, -0.1) is 0 Å². The molecular formula is C31H32N4O3. The van der Waals surface area contributed by atoms with Crippen molar-refractivity contribution in [3.63, 3.8) is 0 Å². The van der Waals surface area contributed by atoms with E-state index in [-0.39, 0.29) is 11.8 Å². The molecule has 3 aromatic rings. The van der Waals surface area contributed by atoms with Crippen LogP contribution in [-0.2, 0) is 20.8 Å². The Labute approximate surface area is 222 Å². The number of H-pyrrole nitrogens is 1. The van der Waals surface area contributed by atoms with E-state index in [2.05, 4.69) is 87.2 Å². The molecule has 3 aliphatic heterocycles. The Balaban J connectivity index is 1.08. The van der Waals surface area contributed by atoms with E-state index in [1.807, 2.05) is 6.08 Å². The number of ether oxygens (including phenoxy) is 2. The minimum absolute atomic E-state index is 0.0578. The molecule has 7 heteroatoms. The van der Waals surface area contributed by atoms with Crippen LogP contribution in [0.15, 0.2) is 66.4 Å². The molecule has 1 amide bonds. The van der Waals surface area contributed by atoms with Crippen molar-refractivity contribution in [3.05, 3.63) is 88.8 Å². The minimum Gasteiger partial charge on any atom is -0.379 e. The summed E-state index contributed by atoms with van der Waals surface area (Å²) >= 11 is 0. The lowest BCUT2D eigenvalue weighted by molar-refractivity contribution is -0.135. The number of benzene rings is 2. The zero-order chi connectivity index (χ0) is 25.7. The second-order valence-corrected chi connectivity index (χ2v) is 10.9. The smallest absolute Gasteiger partial charge is 0.234 e. The molecule has 1 saturated carbocycles. The number of hydrogen-bond donors (Lipinski definition) is 2. The first-order valence-electron chi connectivity index (χ1n) is 13.4. The van der Waals surface area contributed by atoms with Gasteiger partial charge >= 0.3 is 0 Å². The highest BCUT2D eigenvalue weighted by Crippen LogP contribution is 2.69. The first-order chi connectivity index (χ1) is 18.6. The number of amides is 1. The summed E-state index contributed by atoms with van der Waals surface area (Å²) in [4.78, 5) is 15.7. The number of hydrogen-bond acceptors (Lipinski definition) is 5. The van der Waals surface area contributed by atoms with Gasteiger partial charge < -0.3 is 14.8 Å². The summed E-state index contributed by atoms with van der Waals surface area (Å²) in [5.74, 6) is 0.156. The summed E-state index contributed by atoms with van der Waals surface area (Å²) in [7, 11) is 1.72. The van der Waals surface area contributed by atoms with E-state index in [4.69, 9.17) is 9.47 Å². The van der Waals surface area contributed by atoms with Crippen LogP contribution in [0.1, 0.15) is 41.1 Å². The number of methoxy groups -OCH3 is 1. The number of allylic oxidation sites excluding steroid dienone is 1. The Kier molecular flexibility index (Phi) is 5.62. The number of carbonyl (C=O) groups excluding carboxylic acids is 1. The third-order valence-corrected chi connectivity index (χ3v) is 8.84. The lowest BCUT2D eigenvalue weighted by atomic mass is 9.77. The first-order valence-corrected chi connectivity index (χ1v) is 13.4. The van der Waals surface area contributed by atoms with Gasteiger partial charge in [0.25, 0.3) is 0 Å². The number of aromatic nitrogens is 2. The van der Waals surface area contributed by atoms with Gasteiger partial charge in [-0.2, -0.15) is 5.10 Å². The third kappa shape index (κ3) is 3.76. The average Bonchev–Trinajstić information content (AvgIpc) is 3.65. The number of rotatable bonds is 6. The molecule has 0 radical (unpaired) electrons. The predicted molar refractivity (Wildman–Crippen MR) is 147 cm³/mol. The maximum atomic E-state index is 13.3. The monoisotopic (exact) mass is 508 g/mol. The van der Waals surface area contributed by atoms with E-state index >= 15 is 0 Å². The molecule has 1 unspecified atom stereocenters. The van der Waals surface area contributed by atoms with Crippen LogP contribution in [-0.4, -0.2) is 60.0 Å². The lowest BCUT2D eigenvalue weighted by Crippen LogP contribution is -2.46. The molecule has 1 spiro atoms. The van der Waals surface area contributed by atoms with Crippen LogP contribution in [0.3, 0.4) is 0 Å². The second-order valence-electron chi connectivity index (χ2n) is 10.9. The van der Waals surface area contributed by atoms with Crippen LogP contribution in [0, 0.1) is 5.41 Å². The summed E-state index contributed by atoms with van der Waals surface area (Å²) in [5, 5.41) is 11.9. The van der Waals surface area contributed by atoms with Crippen LogP contribution < -0.4 is 5.32 Å². The van der Waals surface area contributed by atoms with E-state index in [1.54, 1.807) is 7.11 Å². The number of fused-ring (bicyclic) bond motifs is 3. The van der Waals surface area contributed by atoms with Gasteiger partial charge in [0.1, 0.15) is 5.60 Å². The topological polar surface area (TPSA) is 79.5 Å². The quantitative estimate of drug-likeness (QED) is 0.516. The highest BCUT2D eigenvalue weighted by atomic mass is 16.5. The van der Waals surface area contributed by atoms with E-state index < -0.39 is 11.0 Å². The Morgan fingerprint density at radius 1 is 1.16 bits per heavy atom. The van der Waals surface area contributed by atoms with Crippen molar-refractivity contribution in [2.75, 3.05) is 33.4 Å². The summed E-state index contributed by atoms with van der Waals surface area (Å²) in [6.45, 7) is 4.59.